The Balaban J connectivity index is 0.551. The Hall–Kier alpha value is -11.3. The molecule has 2 aliphatic carbocycles. The first kappa shape index (κ1) is 53.7. The SMILES string of the molecule is C(=Cc1ccc(-c2ccc3c(c2)c2ccccc2n3-c2ccc3ccccc3c2)cc1)c1ccc(-c2ccc3c(c2)C2(CCCCC2)c2cc(-c4ccc(C=Cc5ccc(-c6ccc7c(c6)c6ccccc6n7-c6ccc7ccccc7c6)cc5)cc4)ccc2-3)cc1. The summed E-state index contributed by atoms with van der Waals surface area (Å²) in [5.74, 6) is 0. The maximum Gasteiger partial charge on any atom is 0.0541 e. The molecule has 18 rings (SSSR count). The minimum absolute atomic E-state index is 0.0304. The van der Waals surface area contributed by atoms with Crippen molar-refractivity contribution in [2.24, 2.45) is 0 Å². The fourth-order valence-electron chi connectivity index (χ4n) is 15.6. The van der Waals surface area contributed by atoms with Crippen LogP contribution in [0.5, 0.6) is 0 Å². The largest absolute Gasteiger partial charge is 0.309 e. The predicted molar refractivity (Wildman–Crippen MR) is 392 cm³/mol. The molecule has 0 saturated heterocycles. The van der Waals surface area contributed by atoms with Crippen LogP contribution < -0.4 is 0 Å². The maximum atomic E-state index is 2.54. The third-order valence-corrected chi connectivity index (χ3v) is 20.3. The summed E-state index contributed by atoms with van der Waals surface area (Å²) in [5.41, 5.74) is 27.8. The van der Waals surface area contributed by atoms with Crippen LogP contribution in [0.25, 0.3) is 156 Å². The summed E-state index contributed by atoms with van der Waals surface area (Å²) >= 11 is 0. The summed E-state index contributed by atoms with van der Waals surface area (Å²) in [5, 5.41) is 10.1. The quantitative estimate of drug-likeness (QED) is 0.121. The molecule has 2 heteroatoms. The van der Waals surface area contributed by atoms with E-state index >= 15 is 0 Å². The van der Waals surface area contributed by atoms with Gasteiger partial charge in [0, 0.05) is 38.3 Å². The van der Waals surface area contributed by atoms with Crippen molar-refractivity contribution in [1.29, 1.82) is 0 Å². The number of hydrogen-bond donors (Lipinski definition) is 0. The van der Waals surface area contributed by atoms with E-state index < -0.39 is 0 Å². The summed E-state index contributed by atoms with van der Waals surface area (Å²) in [6, 6.07) is 113. The van der Waals surface area contributed by atoms with Gasteiger partial charge in [-0.2, -0.15) is 0 Å². The first-order chi connectivity index (χ1) is 45.5. The zero-order valence-electron chi connectivity index (χ0n) is 51.1. The van der Waals surface area contributed by atoms with E-state index in [0.717, 1.165) is 0 Å². The second kappa shape index (κ2) is 22.0. The van der Waals surface area contributed by atoms with Crippen LogP contribution in [-0.4, -0.2) is 9.13 Å². The van der Waals surface area contributed by atoms with Crippen LogP contribution >= 0.6 is 0 Å². The number of hydrogen-bond acceptors (Lipinski definition) is 0. The van der Waals surface area contributed by atoms with Crippen molar-refractivity contribution in [2.45, 2.75) is 37.5 Å². The topological polar surface area (TPSA) is 9.86 Å². The van der Waals surface area contributed by atoms with E-state index in [-0.39, 0.29) is 5.41 Å². The van der Waals surface area contributed by atoms with Crippen LogP contribution in [0, 0.1) is 0 Å². The van der Waals surface area contributed by atoms with Gasteiger partial charge in [0.05, 0.1) is 22.1 Å². The Morgan fingerprint density at radius 2 is 0.565 bits per heavy atom. The molecule has 1 saturated carbocycles. The van der Waals surface area contributed by atoms with Crippen molar-refractivity contribution in [3.63, 3.8) is 0 Å². The van der Waals surface area contributed by atoms with Gasteiger partial charge in [-0.1, -0.05) is 274 Å². The van der Waals surface area contributed by atoms with E-state index in [0.29, 0.717) is 0 Å². The molecule has 434 valence electrons. The van der Waals surface area contributed by atoms with Crippen molar-refractivity contribution in [2.75, 3.05) is 0 Å². The summed E-state index contributed by atoms with van der Waals surface area (Å²) in [4.78, 5) is 0. The first-order valence-corrected chi connectivity index (χ1v) is 32.6. The lowest BCUT2D eigenvalue weighted by Crippen LogP contribution is -2.28. The van der Waals surface area contributed by atoms with Gasteiger partial charge in [-0.05, 0) is 196 Å². The maximum absolute atomic E-state index is 2.54. The van der Waals surface area contributed by atoms with E-state index in [4.69, 9.17) is 0 Å². The molecule has 2 heterocycles. The summed E-state index contributed by atoms with van der Waals surface area (Å²) in [7, 11) is 0. The third-order valence-electron chi connectivity index (χ3n) is 20.3. The molecule has 1 fully saturated rings. The molecule has 2 nitrogen and oxygen atoms in total. The number of fused-ring (bicyclic) bond motifs is 13. The van der Waals surface area contributed by atoms with Crippen molar-refractivity contribution in [3.8, 4) is 67.0 Å². The highest BCUT2D eigenvalue weighted by Crippen LogP contribution is 2.57. The van der Waals surface area contributed by atoms with Gasteiger partial charge in [0.2, 0.25) is 0 Å². The van der Waals surface area contributed by atoms with Gasteiger partial charge in [-0.15, -0.1) is 0 Å². The molecule has 0 unspecified atom stereocenters. The molecule has 14 aromatic carbocycles. The zero-order chi connectivity index (χ0) is 60.7. The molecule has 92 heavy (non-hydrogen) atoms. The van der Waals surface area contributed by atoms with Gasteiger partial charge in [0.1, 0.15) is 0 Å². The number of aromatic nitrogens is 2. The van der Waals surface area contributed by atoms with Gasteiger partial charge in [0.15, 0.2) is 0 Å². The van der Waals surface area contributed by atoms with E-state index in [1.165, 1.54) is 198 Å². The Morgan fingerprint density at radius 3 is 0.967 bits per heavy atom. The minimum atomic E-state index is 0.0304. The van der Waals surface area contributed by atoms with Gasteiger partial charge in [-0.3, -0.25) is 0 Å². The zero-order valence-corrected chi connectivity index (χ0v) is 51.1. The highest BCUT2D eigenvalue weighted by atomic mass is 15.0. The highest BCUT2D eigenvalue weighted by Gasteiger charge is 2.44. The molecular formula is C90H64N2. The lowest BCUT2D eigenvalue weighted by atomic mass is 9.67. The smallest absolute Gasteiger partial charge is 0.0541 e. The van der Waals surface area contributed by atoms with Crippen molar-refractivity contribution in [3.05, 3.63) is 337 Å². The number of benzene rings is 14. The van der Waals surface area contributed by atoms with Crippen molar-refractivity contribution >= 4 is 89.5 Å². The number of nitrogens with zero attached hydrogens (tertiary/aromatic N) is 2. The molecule has 2 aliphatic rings. The standard InChI is InChI=1S/C90H64N2/c1-10-52-90(53-11-1)84-58-74(68-36-28-62(29-37-68)22-20-60-24-32-66(33-25-60)72-44-50-88-82(56-72)80-16-6-8-18-86(80)91(88)76-46-40-64-12-2-4-14-70(64)54-76)42-48-78(84)79-49-43-75(59-85(79)90)69-38-30-63(31-39-69)23-21-61-26-34-67(35-27-61)73-45-51-89-83(57-73)81-17-7-9-19-87(81)92(89)77-47-41-65-13-3-5-15-71(65)55-77/h2-9,12-51,54-59H,1,10-11,52-53H2. The van der Waals surface area contributed by atoms with Crippen LogP contribution in [0.3, 0.4) is 0 Å². The molecule has 1 spiro atoms. The lowest BCUT2D eigenvalue weighted by molar-refractivity contribution is 0.353. The van der Waals surface area contributed by atoms with Gasteiger partial charge in [0.25, 0.3) is 0 Å². The van der Waals surface area contributed by atoms with E-state index in [9.17, 15) is 0 Å². The monoisotopic (exact) mass is 1170 g/mol. The van der Waals surface area contributed by atoms with Gasteiger partial charge >= 0.3 is 0 Å². The summed E-state index contributed by atoms with van der Waals surface area (Å²) < 4.78 is 4.81. The Morgan fingerprint density at radius 1 is 0.239 bits per heavy atom. The molecule has 0 aliphatic heterocycles. The van der Waals surface area contributed by atoms with E-state index in [1.807, 2.05) is 0 Å². The van der Waals surface area contributed by atoms with Gasteiger partial charge in [-0.25, -0.2) is 0 Å². The second-order valence-electron chi connectivity index (χ2n) is 25.6. The van der Waals surface area contributed by atoms with Gasteiger partial charge < -0.3 is 9.13 Å². The summed E-state index contributed by atoms with van der Waals surface area (Å²) in [6.45, 7) is 0. The van der Waals surface area contributed by atoms with Crippen LogP contribution in [0.2, 0.25) is 0 Å². The minimum Gasteiger partial charge on any atom is -0.309 e. The van der Waals surface area contributed by atoms with Crippen LogP contribution in [0.15, 0.2) is 303 Å². The normalized spacial score (nSPS) is 13.7. The number of rotatable bonds is 10. The van der Waals surface area contributed by atoms with Crippen molar-refractivity contribution in [1.82, 2.24) is 9.13 Å². The molecule has 0 amide bonds. The highest BCUT2D eigenvalue weighted by molar-refractivity contribution is 6.12. The molecule has 0 N–H and O–H groups in total. The first-order valence-electron chi connectivity index (χ1n) is 32.6. The predicted octanol–water partition coefficient (Wildman–Crippen LogP) is 24.4. The Kier molecular flexibility index (Phi) is 12.8. The molecule has 2 aromatic heterocycles. The van der Waals surface area contributed by atoms with Crippen molar-refractivity contribution < 1.29 is 0 Å². The second-order valence-corrected chi connectivity index (χ2v) is 25.6. The Labute approximate surface area is 536 Å². The fourth-order valence-corrected chi connectivity index (χ4v) is 15.6. The molecular weight excluding hydrogens is 1110 g/mol. The van der Waals surface area contributed by atoms with E-state index in [1.54, 1.807) is 0 Å². The van der Waals surface area contributed by atoms with E-state index in [2.05, 4.69) is 337 Å². The average molecular weight is 1170 g/mol. The molecule has 0 bridgehead atoms. The van der Waals surface area contributed by atoms with Crippen LogP contribution in [-0.2, 0) is 5.41 Å². The Bertz CT molecular complexity index is 5280. The van der Waals surface area contributed by atoms with Crippen LogP contribution in [0.4, 0.5) is 0 Å². The molecule has 16 aromatic rings. The number of para-hydroxylation sites is 2. The fraction of sp³-hybridized carbons (Fsp3) is 0.0667. The lowest BCUT2D eigenvalue weighted by Gasteiger charge is -2.36. The summed E-state index contributed by atoms with van der Waals surface area (Å²) in [6.07, 6.45) is 15.1. The average Bonchev–Trinajstić information content (AvgIpc) is 1.62. The van der Waals surface area contributed by atoms with Crippen LogP contribution in [0.1, 0.15) is 65.5 Å². The third kappa shape index (κ3) is 9.24. The molecule has 0 atom stereocenters. The molecule has 0 radical (unpaired) electrons.